The highest BCUT2D eigenvalue weighted by molar-refractivity contribution is 6.39. The molecule has 0 saturated carbocycles. The molecule has 3 N–H and O–H groups in total. The van der Waals surface area contributed by atoms with E-state index in [0.717, 1.165) is 19.6 Å². The molecule has 0 bridgehead atoms. The minimum atomic E-state index is -0.789. The van der Waals surface area contributed by atoms with E-state index in [9.17, 15) is 19.7 Å². The smallest absolute Gasteiger partial charge is 0.313 e. The van der Waals surface area contributed by atoms with Gasteiger partial charge in [0.15, 0.2) is 0 Å². The molecule has 8 nitrogen and oxygen atoms in total. The van der Waals surface area contributed by atoms with Crippen molar-refractivity contribution in [3.63, 3.8) is 0 Å². The van der Waals surface area contributed by atoms with E-state index in [1.165, 1.54) is 29.2 Å². The van der Waals surface area contributed by atoms with Crippen molar-refractivity contribution in [2.45, 2.75) is 13.8 Å². The van der Waals surface area contributed by atoms with Gasteiger partial charge in [-0.25, -0.2) is 0 Å². The fourth-order valence-electron chi connectivity index (χ4n) is 1.89. The summed E-state index contributed by atoms with van der Waals surface area (Å²) >= 11 is 0. The lowest BCUT2D eigenvalue weighted by Gasteiger charge is -2.15. The van der Waals surface area contributed by atoms with Gasteiger partial charge in [-0.3, -0.25) is 19.7 Å². The number of non-ortho nitro benzene ring substituents is 1. The minimum Gasteiger partial charge on any atom is -0.342 e. The van der Waals surface area contributed by atoms with Gasteiger partial charge in [0.25, 0.3) is 5.69 Å². The Balaban J connectivity index is 2.43. The Hall–Kier alpha value is -2.48. The van der Waals surface area contributed by atoms with E-state index in [1.807, 2.05) is 0 Å². The average molecular weight is 309 g/mol. The van der Waals surface area contributed by atoms with Crippen molar-refractivity contribution in [3.8, 4) is 0 Å². The zero-order valence-electron chi connectivity index (χ0n) is 12.7. The number of hydrogen-bond donors (Lipinski definition) is 3. The van der Waals surface area contributed by atoms with E-state index < -0.39 is 16.7 Å². The van der Waals surface area contributed by atoms with Gasteiger partial charge in [-0.15, -0.1) is 0 Å². The maximum atomic E-state index is 11.7. The molecule has 0 unspecified atom stereocenters. The molecule has 0 aliphatic heterocycles. The molecule has 0 fully saturated rings. The van der Waals surface area contributed by atoms with Crippen LogP contribution in [0, 0.1) is 10.1 Å². The van der Waals surface area contributed by atoms with Crippen molar-refractivity contribution in [2.24, 2.45) is 0 Å². The summed E-state index contributed by atoms with van der Waals surface area (Å²) in [5.74, 6) is -1.51. The number of rotatable bonds is 7. The number of amides is 2. The van der Waals surface area contributed by atoms with Gasteiger partial charge in [0.2, 0.25) is 0 Å². The maximum Gasteiger partial charge on any atom is 0.313 e. The molecule has 0 heterocycles. The third-order valence-corrected chi connectivity index (χ3v) is 3.31. The third-order valence-electron chi connectivity index (χ3n) is 3.31. The molecule has 0 aliphatic rings. The summed E-state index contributed by atoms with van der Waals surface area (Å²) in [7, 11) is 0. The number of nitrogens with one attached hydrogen (secondary N) is 3. The summed E-state index contributed by atoms with van der Waals surface area (Å²) < 4.78 is 0. The summed E-state index contributed by atoms with van der Waals surface area (Å²) in [5, 5.41) is 15.5. The third kappa shape index (κ3) is 5.49. The summed E-state index contributed by atoms with van der Waals surface area (Å²) in [4.78, 5) is 34.6. The number of hydrogen-bond acceptors (Lipinski definition) is 4. The highest BCUT2D eigenvalue weighted by Crippen LogP contribution is 2.15. The topological polar surface area (TPSA) is 106 Å². The molecule has 0 aromatic heterocycles. The lowest BCUT2D eigenvalue weighted by atomic mass is 10.3. The van der Waals surface area contributed by atoms with Crippen LogP contribution < -0.4 is 15.5 Å². The molecular formula is C14H21N4O4+. The van der Waals surface area contributed by atoms with Crippen LogP contribution >= 0.6 is 0 Å². The Bertz CT molecular complexity index is 526. The molecule has 1 aromatic rings. The van der Waals surface area contributed by atoms with Crippen LogP contribution in [0.15, 0.2) is 24.3 Å². The first kappa shape index (κ1) is 17.6. The molecule has 0 radical (unpaired) electrons. The van der Waals surface area contributed by atoms with Crippen LogP contribution in [0.4, 0.5) is 11.4 Å². The van der Waals surface area contributed by atoms with Crippen molar-refractivity contribution in [2.75, 3.05) is 31.5 Å². The van der Waals surface area contributed by atoms with Crippen LogP contribution in [-0.4, -0.2) is 42.9 Å². The molecule has 8 heteroatoms. The maximum absolute atomic E-state index is 11.7. The standard InChI is InChI=1S/C14H20N4O4/c1-3-17(4-2)10-9-15-13(19)14(20)16-11-5-7-12(8-6-11)18(21)22/h5-8H,3-4,9-10H2,1-2H3,(H,15,19)(H,16,20)/p+1. The van der Waals surface area contributed by atoms with E-state index in [4.69, 9.17) is 0 Å². The molecule has 0 saturated heterocycles. The van der Waals surface area contributed by atoms with Gasteiger partial charge in [0.1, 0.15) is 0 Å². The van der Waals surface area contributed by atoms with Gasteiger partial charge in [-0.05, 0) is 26.0 Å². The molecule has 1 rings (SSSR count). The number of carbonyl (C=O) groups is 2. The second-order valence-corrected chi connectivity index (χ2v) is 4.72. The Labute approximate surface area is 128 Å². The molecule has 2 amide bonds. The molecule has 0 spiro atoms. The van der Waals surface area contributed by atoms with E-state index in [0.29, 0.717) is 12.2 Å². The van der Waals surface area contributed by atoms with Crippen molar-refractivity contribution in [1.82, 2.24) is 5.32 Å². The lowest BCUT2D eigenvalue weighted by Crippen LogP contribution is -3.12. The number of likely N-dealkylation sites (N-methyl/N-ethyl adjacent to an activating group) is 1. The van der Waals surface area contributed by atoms with Crippen LogP contribution in [-0.2, 0) is 9.59 Å². The van der Waals surface area contributed by atoms with Crippen LogP contribution in [0.25, 0.3) is 0 Å². The van der Waals surface area contributed by atoms with Gasteiger partial charge in [-0.2, -0.15) is 0 Å². The first-order chi connectivity index (χ1) is 10.5. The summed E-state index contributed by atoms with van der Waals surface area (Å²) in [6, 6.07) is 5.28. The monoisotopic (exact) mass is 309 g/mol. The Kier molecular flexibility index (Phi) is 6.97. The number of nitrogens with zero attached hydrogens (tertiary/aromatic N) is 1. The van der Waals surface area contributed by atoms with E-state index >= 15 is 0 Å². The fourth-order valence-corrected chi connectivity index (χ4v) is 1.89. The Morgan fingerprint density at radius 1 is 1.14 bits per heavy atom. The van der Waals surface area contributed by atoms with Gasteiger partial charge in [-0.1, -0.05) is 0 Å². The van der Waals surface area contributed by atoms with Crippen LogP contribution in [0.5, 0.6) is 0 Å². The van der Waals surface area contributed by atoms with E-state index in [-0.39, 0.29) is 5.69 Å². The number of carbonyl (C=O) groups excluding carboxylic acids is 2. The van der Waals surface area contributed by atoms with Crippen molar-refractivity contribution in [1.29, 1.82) is 0 Å². The van der Waals surface area contributed by atoms with Crippen molar-refractivity contribution >= 4 is 23.2 Å². The predicted molar refractivity (Wildman–Crippen MR) is 81.6 cm³/mol. The molecule has 0 atom stereocenters. The number of benzene rings is 1. The number of nitro benzene ring substituents is 1. The van der Waals surface area contributed by atoms with E-state index in [1.54, 1.807) is 0 Å². The Morgan fingerprint density at radius 2 is 1.73 bits per heavy atom. The fraction of sp³-hybridized carbons (Fsp3) is 0.429. The van der Waals surface area contributed by atoms with Gasteiger partial charge >= 0.3 is 11.8 Å². The normalized spacial score (nSPS) is 10.3. The second-order valence-electron chi connectivity index (χ2n) is 4.72. The van der Waals surface area contributed by atoms with Crippen LogP contribution in [0.1, 0.15) is 13.8 Å². The van der Waals surface area contributed by atoms with Gasteiger partial charge in [0, 0.05) is 17.8 Å². The first-order valence-electron chi connectivity index (χ1n) is 7.15. The number of anilines is 1. The largest absolute Gasteiger partial charge is 0.342 e. The Morgan fingerprint density at radius 3 is 2.23 bits per heavy atom. The van der Waals surface area contributed by atoms with Crippen LogP contribution in [0.3, 0.4) is 0 Å². The zero-order valence-corrected chi connectivity index (χ0v) is 12.7. The number of nitro groups is 1. The van der Waals surface area contributed by atoms with Crippen molar-refractivity contribution in [3.05, 3.63) is 34.4 Å². The second kappa shape index (κ2) is 8.73. The minimum absolute atomic E-state index is 0.0790. The summed E-state index contributed by atoms with van der Waals surface area (Å²) in [6.45, 7) is 7.21. The molecule has 120 valence electrons. The predicted octanol–water partition coefficient (Wildman–Crippen LogP) is -0.426. The molecule has 22 heavy (non-hydrogen) atoms. The molecular weight excluding hydrogens is 288 g/mol. The van der Waals surface area contributed by atoms with Gasteiger partial charge < -0.3 is 15.5 Å². The summed E-state index contributed by atoms with van der Waals surface area (Å²) in [5.41, 5.74) is 0.254. The quantitative estimate of drug-likeness (QED) is 0.361. The van der Waals surface area contributed by atoms with E-state index in [2.05, 4.69) is 24.5 Å². The molecule has 0 aliphatic carbocycles. The highest BCUT2D eigenvalue weighted by atomic mass is 16.6. The average Bonchev–Trinajstić information content (AvgIpc) is 2.51. The lowest BCUT2D eigenvalue weighted by molar-refractivity contribution is -0.895. The zero-order chi connectivity index (χ0) is 16.5. The highest BCUT2D eigenvalue weighted by Gasteiger charge is 2.14. The summed E-state index contributed by atoms with van der Waals surface area (Å²) in [6.07, 6.45) is 0. The van der Waals surface area contributed by atoms with Crippen LogP contribution in [0.2, 0.25) is 0 Å². The van der Waals surface area contributed by atoms with Crippen molar-refractivity contribution < 1.29 is 19.4 Å². The first-order valence-corrected chi connectivity index (χ1v) is 7.15. The SMILES string of the molecule is CC[NH+](CC)CCNC(=O)C(=O)Nc1ccc([N+](=O)[O-])cc1. The van der Waals surface area contributed by atoms with Gasteiger partial charge in [0.05, 0.1) is 31.1 Å². The molecule has 1 aromatic carbocycles. The number of quaternary nitrogens is 1.